The van der Waals surface area contributed by atoms with Gasteiger partial charge in [0, 0.05) is 0 Å². The second kappa shape index (κ2) is 7.97. The summed E-state index contributed by atoms with van der Waals surface area (Å²) in [6.45, 7) is 0. The molecule has 28 heavy (non-hydrogen) atoms. The first-order valence-corrected chi connectivity index (χ1v) is 10.7. The lowest BCUT2D eigenvalue weighted by atomic mass is 10.1. The minimum atomic E-state index is -3.54. The minimum absolute atomic E-state index is 0.189. The number of hydrogen-bond donors (Lipinski definition) is 0. The highest BCUT2D eigenvalue weighted by atomic mass is 32.2. The van der Waals surface area contributed by atoms with E-state index in [0.717, 1.165) is 11.1 Å². The van der Waals surface area contributed by atoms with Crippen LogP contribution in [0.25, 0.3) is 12.2 Å². The third-order valence-corrected chi connectivity index (χ3v) is 6.65. The maximum Gasteiger partial charge on any atom is 0.244 e. The summed E-state index contributed by atoms with van der Waals surface area (Å²) in [5.74, 6) is 0. The van der Waals surface area contributed by atoms with E-state index in [4.69, 9.17) is 0 Å². The molecule has 0 aliphatic carbocycles. The number of nitrogens with zero attached hydrogens (tertiary/aromatic N) is 1. The Labute approximate surface area is 166 Å². The van der Waals surface area contributed by atoms with Gasteiger partial charge in [0.05, 0.1) is 17.0 Å². The fourth-order valence-corrected chi connectivity index (χ4v) is 4.95. The largest absolute Gasteiger partial charge is 0.244 e. The Kier molecular flexibility index (Phi) is 5.24. The molecule has 3 nitrogen and oxygen atoms in total. The van der Waals surface area contributed by atoms with E-state index in [1.54, 1.807) is 28.6 Å². The first-order chi connectivity index (χ1) is 13.7. The van der Waals surface area contributed by atoms with E-state index in [-0.39, 0.29) is 12.1 Å². The zero-order valence-corrected chi connectivity index (χ0v) is 16.1. The lowest BCUT2D eigenvalue weighted by molar-refractivity contribution is 0.554. The van der Waals surface area contributed by atoms with Gasteiger partial charge in [0.25, 0.3) is 0 Å². The van der Waals surface area contributed by atoms with Crippen molar-refractivity contribution in [2.45, 2.75) is 17.0 Å². The molecule has 1 saturated heterocycles. The van der Waals surface area contributed by atoms with Crippen molar-refractivity contribution in [1.82, 2.24) is 4.31 Å². The average Bonchev–Trinajstić information content (AvgIpc) is 3.47. The Hall–Kier alpha value is -2.95. The highest BCUT2D eigenvalue weighted by Gasteiger charge is 2.52. The minimum Gasteiger partial charge on any atom is -0.207 e. The summed E-state index contributed by atoms with van der Waals surface area (Å²) in [5.41, 5.74) is 2.11. The van der Waals surface area contributed by atoms with Crippen LogP contribution in [0, 0.1) is 0 Å². The summed E-state index contributed by atoms with van der Waals surface area (Å²) in [5, 5.41) is 0. The number of sulfonamides is 1. The van der Waals surface area contributed by atoms with Crippen molar-refractivity contribution in [3.8, 4) is 0 Å². The molecule has 1 aliphatic rings. The Morgan fingerprint density at radius 3 is 1.43 bits per heavy atom. The zero-order valence-electron chi connectivity index (χ0n) is 15.3. The second-order valence-electron chi connectivity index (χ2n) is 6.67. The molecule has 0 amide bonds. The van der Waals surface area contributed by atoms with Crippen molar-refractivity contribution < 1.29 is 8.42 Å². The summed E-state index contributed by atoms with van der Waals surface area (Å²) in [7, 11) is -3.54. The van der Waals surface area contributed by atoms with E-state index in [2.05, 4.69) is 0 Å². The predicted octanol–water partition coefficient (Wildman–Crippen LogP) is 4.85. The smallest absolute Gasteiger partial charge is 0.207 e. The first-order valence-electron chi connectivity index (χ1n) is 9.21. The first kappa shape index (κ1) is 18.4. The molecular weight excluding hydrogens is 366 g/mol. The van der Waals surface area contributed by atoms with Gasteiger partial charge >= 0.3 is 0 Å². The molecule has 1 fully saturated rings. The molecule has 0 saturated carbocycles. The van der Waals surface area contributed by atoms with Crippen LogP contribution in [-0.4, -0.2) is 24.8 Å². The predicted molar refractivity (Wildman–Crippen MR) is 114 cm³/mol. The highest BCUT2D eigenvalue weighted by Crippen LogP contribution is 2.38. The molecule has 140 valence electrons. The molecule has 0 spiro atoms. The Morgan fingerprint density at radius 2 is 1.00 bits per heavy atom. The summed E-state index contributed by atoms with van der Waals surface area (Å²) >= 11 is 0. The van der Waals surface area contributed by atoms with Crippen LogP contribution in [0.4, 0.5) is 0 Å². The summed E-state index contributed by atoms with van der Waals surface area (Å²) < 4.78 is 27.7. The third kappa shape index (κ3) is 3.98. The van der Waals surface area contributed by atoms with Gasteiger partial charge in [-0.2, -0.15) is 4.31 Å². The SMILES string of the molecule is O=S(=O)(c1ccccc1)N1[C@@H](/C=C/c2ccccc2)[C@@H]1/C=C/c1ccccc1. The van der Waals surface area contributed by atoms with E-state index < -0.39 is 10.0 Å². The van der Waals surface area contributed by atoms with Crippen molar-refractivity contribution in [2.75, 3.05) is 0 Å². The average molecular weight is 388 g/mol. The molecule has 1 heterocycles. The van der Waals surface area contributed by atoms with Crippen LogP contribution in [0.15, 0.2) is 108 Å². The molecule has 0 radical (unpaired) electrons. The summed E-state index contributed by atoms with van der Waals surface area (Å²) in [4.78, 5) is 0.323. The topological polar surface area (TPSA) is 37.1 Å². The van der Waals surface area contributed by atoms with Crippen molar-refractivity contribution in [2.24, 2.45) is 0 Å². The maximum atomic E-state index is 13.1. The van der Waals surface area contributed by atoms with Gasteiger partial charge < -0.3 is 0 Å². The van der Waals surface area contributed by atoms with Gasteiger partial charge in [-0.05, 0) is 23.3 Å². The van der Waals surface area contributed by atoms with Crippen LogP contribution < -0.4 is 0 Å². The van der Waals surface area contributed by atoms with Gasteiger partial charge in [-0.15, -0.1) is 0 Å². The Morgan fingerprint density at radius 1 is 0.607 bits per heavy atom. The Bertz CT molecular complexity index is 1020. The third-order valence-electron chi connectivity index (χ3n) is 4.74. The summed E-state index contributed by atoms with van der Waals surface area (Å²) in [6.07, 6.45) is 7.90. The van der Waals surface area contributed by atoms with Crippen molar-refractivity contribution in [3.05, 3.63) is 114 Å². The van der Waals surface area contributed by atoms with E-state index in [1.807, 2.05) is 91.0 Å². The quantitative estimate of drug-likeness (QED) is 0.567. The van der Waals surface area contributed by atoms with Crippen LogP contribution in [0.3, 0.4) is 0 Å². The molecule has 0 aromatic heterocycles. The second-order valence-corrected chi connectivity index (χ2v) is 8.51. The van der Waals surface area contributed by atoms with Crippen molar-refractivity contribution in [1.29, 1.82) is 0 Å². The fraction of sp³-hybridized carbons (Fsp3) is 0.0833. The molecule has 1 aliphatic heterocycles. The van der Waals surface area contributed by atoms with E-state index in [0.29, 0.717) is 4.90 Å². The highest BCUT2D eigenvalue weighted by molar-refractivity contribution is 7.89. The molecule has 2 atom stereocenters. The number of rotatable bonds is 6. The number of benzene rings is 3. The van der Waals surface area contributed by atoms with Gasteiger partial charge in [0.1, 0.15) is 0 Å². The zero-order chi connectivity index (χ0) is 19.4. The van der Waals surface area contributed by atoms with E-state index in [9.17, 15) is 8.42 Å². The molecule has 0 bridgehead atoms. The molecule has 3 aromatic carbocycles. The monoisotopic (exact) mass is 387 g/mol. The van der Waals surface area contributed by atoms with Gasteiger partial charge in [-0.25, -0.2) is 8.42 Å². The molecule has 4 rings (SSSR count). The van der Waals surface area contributed by atoms with Gasteiger partial charge in [0.15, 0.2) is 0 Å². The van der Waals surface area contributed by atoms with Crippen LogP contribution in [0.1, 0.15) is 11.1 Å². The molecule has 0 N–H and O–H groups in total. The molecule has 0 unspecified atom stereocenters. The fourth-order valence-electron chi connectivity index (χ4n) is 3.23. The van der Waals surface area contributed by atoms with Crippen molar-refractivity contribution >= 4 is 22.2 Å². The summed E-state index contributed by atoms with van der Waals surface area (Å²) in [6, 6.07) is 28.1. The van der Waals surface area contributed by atoms with E-state index >= 15 is 0 Å². The van der Waals surface area contributed by atoms with Gasteiger partial charge in [0.2, 0.25) is 10.0 Å². The standard InChI is InChI=1S/C24H21NO2S/c26-28(27,22-14-8-3-9-15-22)25-23(18-16-20-10-4-1-5-11-20)24(25)19-17-21-12-6-2-7-13-21/h1-19,23-24H/b18-16+,19-17+/t23-,24-/m0/s1. The lowest BCUT2D eigenvalue weighted by Crippen LogP contribution is -2.15. The van der Waals surface area contributed by atoms with Gasteiger partial charge in [-0.1, -0.05) is 103 Å². The molecule has 4 heteroatoms. The van der Waals surface area contributed by atoms with Crippen LogP contribution >= 0.6 is 0 Å². The maximum absolute atomic E-state index is 13.1. The lowest BCUT2D eigenvalue weighted by Gasteiger charge is -2.05. The number of hydrogen-bond acceptors (Lipinski definition) is 2. The van der Waals surface area contributed by atoms with Crippen LogP contribution in [-0.2, 0) is 10.0 Å². The molecular formula is C24H21NO2S. The molecule has 3 aromatic rings. The van der Waals surface area contributed by atoms with E-state index in [1.165, 1.54) is 0 Å². The van der Waals surface area contributed by atoms with Gasteiger partial charge in [-0.3, -0.25) is 0 Å². The van der Waals surface area contributed by atoms with Crippen molar-refractivity contribution in [3.63, 3.8) is 0 Å². The normalized spacial score (nSPS) is 21.9. The van der Waals surface area contributed by atoms with Crippen LogP contribution in [0.5, 0.6) is 0 Å². The Balaban J connectivity index is 1.61. The van der Waals surface area contributed by atoms with Crippen LogP contribution in [0.2, 0.25) is 0 Å².